The predicted molar refractivity (Wildman–Crippen MR) is 98.0 cm³/mol. The molecule has 1 aromatic rings. The fraction of sp³-hybridized carbons (Fsp3) is 0.650. The van der Waals surface area contributed by atoms with Crippen molar-refractivity contribution < 1.29 is 14.3 Å². The molecule has 25 heavy (non-hydrogen) atoms. The Morgan fingerprint density at radius 1 is 1.24 bits per heavy atom. The van der Waals surface area contributed by atoms with Gasteiger partial charge in [-0.3, -0.25) is 4.79 Å². The van der Waals surface area contributed by atoms with Crippen molar-refractivity contribution in [2.24, 2.45) is 0 Å². The highest BCUT2D eigenvalue weighted by Gasteiger charge is 2.32. The van der Waals surface area contributed by atoms with Crippen molar-refractivity contribution in [3.05, 3.63) is 29.8 Å². The minimum Gasteiger partial charge on any atom is -0.493 e. The summed E-state index contributed by atoms with van der Waals surface area (Å²) in [6, 6.07) is 7.94. The Morgan fingerprint density at radius 2 is 2.00 bits per heavy atom. The highest BCUT2D eigenvalue weighted by Crippen LogP contribution is 2.35. The molecule has 1 amide bonds. The van der Waals surface area contributed by atoms with Crippen LogP contribution in [0.15, 0.2) is 24.3 Å². The van der Waals surface area contributed by atoms with Gasteiger partial charge in [0.1, 0.15) is 5.75 Å². The Hall–Kier alpha value is -1.59. The molecule has 138 valence electrons. The van der Waals surface area contributed by atoms with Gasteiger partial charge in [-0.1, -0.05) is 18.2 Å². The smallest absolute Gasteiger partial charge is 0.230 e. The molecule has 5 heteroatoms. The zero-order chi connectivity index (χ0) is 17.6. The van der Waals surface area contributed by atoms with E-state index in [2.05, 4.69) is 19.0 Å². The number of carbonyl (C=O) groups is 1. The van der Waals surface area contributed by atoms with Crippen LogP contribution in [-0.4, -0.2) is 68.8 Å². The molecule has 0 radical (unpaired) electrons. The second-order valence-corrected chi connectivity index (χ2v) is 7.28. The Labute approximate surface area is 150 Å². The van der Waals surface area contributed by atoms with Gasteiger partial charge in [0, 0.05) is 25.3 Å². The lowest BCUT2D eigenvalue weighted by atomic mass is 9.91. The first-order valence-corrected chi connectivity index (χ1v) is 9.42. The molecule has 1 aromatic carbocycles. The van der Waals surface area contributed by atoms with Crippen molar-refractivity contribution in [1.82, 2.24) is 9.80 Å². The van der Waals surface area contributed by atoms with Crippen LogP contribution in [0.4, 0.5) is 0 Å². The SMILES string of the molecule is CN(C)CCCOC1CCN(C(=O)[C@@H]2CCOc3ccccc32)CC1. The number of amides is 1. The minimum atomic E-state index is -0.0532. The van der Waals surface area contributed by atoms with Gasteiger partial charge in [0.15, 0.2) is 0 Å². The lowest BCUT2D eigenvalue weighted by molar-refractivity contribution is -0.136. The molecule has 1 atom stereocenters. The molecule has 0 aromatic heterocycles. The van der Waals surface area contributed by atoms with Crippen LogP contribution < -0.4 is 4.74 Å². The number of ether oxygens (including phenoxy) is 2. The normalized spacial score (nSPS) is 21.1. The maximum atomic E-state index is 13.0. The summed E-state index contributed by atoms with van der Waals surface area (Å²) in [5.41, 5.74) is 1.04. The molecule has 2 aliphatic heterocycles. The highest BCUT2D eigenvalue weighted by atomic mass is 16.5. The maximum absolute atomic E-state index is 13.0. The van der Waals surface area contributed by atoms with Gasteiger partial charge in [0.25, 0.3) is 0 Å². The molecule has 1 saturated heterocycles. The highest BCUT2D eigenvalue weighted by molar-refractivity contribution is 5.85. The maximum Gasteiger partial charge on any atom is 0.230 e. The van der Waals surface area contributed by atoms with E-state index in [-0.39, 0.29) is 11.8 Å². The number of fused-ring (bicyclic) bond motifs is 1. The fourth-order valence-electron chi connectivity index (χ4n) is 3.69. The van der Waals surface area contributed by atoms with E-state index in [0.29, 0.717) is 12.7 Å². The third-order valence-electron chi connectivity index (χ3n) is 5.11. The first kappa shape index (κ1) is 18.2. The van der Waals surface area contributed by atoms with Crippen molar-refractivity contribution in [3.8, 4) is 5.75 Å². The van der Waals surface area contributed by atoms with E-state index in [1.807, 2.05) is 29.2 Å². The van der Waals surface area contributed by atoms with Crippen molar-refractivity contribution >= 4 is 5.91 Å². The van der Waals surface area contributed by atoms with Gasteiger partial charge >= 0.3 is 0 Å². The van der Waals surface area contributed by atoms with E-state index in [0.717, 1.165) is 63.2 Å². The molecule has 0 unspecified atom stereocenters. The molecule has 0 aliphatic carbocycles. The summed E-state index contributed by atoms with van der Waals surface area (Å²) >= 11 is 0. The zero-order valence-electron chi connectivity index (χ0n) is 15.4. The third-order valence-corrected chi connectivity index (χ3v) is 5.11. The number of hydrogen-bond donors (Lipinski definition) is 0. The number of likely N-dealkylation sites (tertiary alicyclic amines) is 1. The Kier molecular flexibility index (Phi) is 6.32. The van der Waals surface area contributed by atoms with Crippen LogP contribution in [0.25, 0.3) is 0 Å². The summed E-state index contributed by atoms with van der Waals surface area (Å²) in [7, 11) is 4.16. The Morgan fingerprint density at radius 3 is 2.76 bits per heavy atom. The zero-order valence-corrected chi connectivity index (χ0v) is 15.4. The standard InChI is InChI=1S/C20H30N2O3/c1-21(2)11-5-14-24-16-8-12-22(13-9-16)20(23)18-10-15-25-19-7-4-3-6-17(18)19/h3-4,6-7,16,18H,5,8-15H2,1-2H3/t18-/m1/s1. The molecule has 2 heterocycles. The Balaban J connectivity index is 1.48. The summed E-state index contributed by atoms with van der Waals surface area (Å²) in [5.74, 6) is 1.07. The second-order valence-electron chi connectivity index (χ2n) is 7.28. The lowest BCUT2D eigenvalue weighted by Crippen LogP contribution is -2.44. The van der Waals surface area contributed by atoms with Gasteiger partial charge in [-0.05, 0) is 52.4 Å². The van der Waals surface area contributed by atoms with E-state index >= 15 is 0 Å². The molecule has 0 saturated carbocycles. The van der Waals surface area contributed by atoms with E-state index in [1.165, 1.54) is 0 Å². The van der Waals surface area contributed by atoms with E-state index in [9.17, 15) is 4.79 Å². The van der Waals surface area contributed by atoms with E-state index in [1.54, 1.807) is 0 Å². The quantitative estimate of drug-likeness (QED) is 0.742. The van der Waals surface area contributed by atoms with Crippen molar-refractivity contribution in [2.45, 2.75) is 37.7 Å². The van der Waals surface area contributed by atoms with Gasteiger partial charge in [-0.15, -0.1) is 0 Å². The first-order valence-electron chi connectivity index (χ1n) is 9.42. The first-order chi connectivity index (χ1) is 12.1. The van der Waals surface area contributed by atoms with Crippen LogP contribution >= 0.6 is 0 Å². The number of para-hydroxylation sites is 1. The Bertz CT molecular complexity index is 568. The monoisotopic (exact) mass is 346 g/mol. The van der Waals surface area contributed by atoms with Crippen LogP contribution in [0.2, 0.25) is 0 Å². The summed E-state index contributed by atoms with van der Waals surface area (Å²) in [6.45, 7) is 4.09. The number of hydrogen-bond acceptors (Lipinski definition) is 4. The summed E-state index contributed by atoms with van der Waals surface area (Å²) < 4.78 is 11.7. The molecule has 0 spiro atoms. The molecule has 3 rings (SSSR count). The number of rotatable bonds is 6. The van der Waals surface area contributed by atoms with Crippen LogP contribution in [0.5, 0.6) is 5.75 Å². The predicted octanol–water partition coefficient (Wildman–Crippen LogP) is 2.51. The number of benzene rings is 1. The second kappa shape index (κ2) is 8.68. The van der Waals surface area contributed by atoms with Crippen LogP contribution in [0.1, 0.15) is 37.2 Å². The molecular formula is C20H30N2O3. The van der Waals surface area contributed by atoms with Crippen LogP contribution in [0.3, 0.4) is 0 Å². The van der Waals surface area contributed by atoms with Gasteiger partial charge < -0.3 is 19.3 Å². The van der Waals surface area contributed by atoms with E-state index < -0.39 is 0 Å². The molecule has 0 N–H and O–H groups in total. The molecule has 0 bridgehead atoms. The van der Waals surface area contributed by atoms with Crippen molar-refractivity contribution in [1.29, 1.82) is 0 Å². The number of piperidine rings is 1. The fourth-order valence-corrected chi connectivity index (χ4v) is 3.69. The molecular weight excluding hydrogens is 316 g/mol. The average molecular weight is 346 g/mol. The van der Waals surface area contributed by atoms with Crippen LogP contribution in [-0.2, 0) is 9.53 Å². The summed E-state index contributed by atoms with van der Waals surface area (Å²) in [5, 5.41) is 0. The van der Waals surface area contributed by atoms with Gasteiger partial charge in [-0.25, -0.2) is 0 Å². The van der Waals surface area contributed by atoms with Crippen molar-refractivity contribution in [3.63, 3.8) is 0 Å². The topological polar surface area (TPSA) is 42.0 Å². The number of nitrogens with zero attached hydrogens (tertiary/aromatic N) is 2. The molecule has 5 nitrogen and oxygen atoms in total. The van der Waals surface area contributed by atoms with Gasteiger partial charge in [-0.2, -0.15) is 0 Å². The lowest BCUT2D eigenvalue weighted by Gasteiger charge is -2.35. The molecule has 1 fully saturated rings. The van der Waals surface area contributed by atoms with E-state index in [4.69, 9.17) is 9.47 Å². The summed E-state index contributed by atoms with van der Waals surface area (Å²) in [6.07, 6.45) is 4.02. The number of carbonyl (C=O) groups excluding carboxylic acids is 1. The molecule has 2 aliphatic rings. The largest absolute Gasteiger partial charge is 0.493 e. The van der Waals surface area contributed by atoms with Crippen LogP contribution in [0, 0.1) is 0 Å². The minimum absolute atomic E-state index is 0.0532. The van der Waals surface area contributed by atoms with Gasteiger partial charge in [0.05, 0.1) is 18.6 Å². The third kappa shape index (κ3) is 4.73. The average Bonchev–Trinajstić information content (AvgIpc) is 2.64. The van der Waals surface area contributed by atoms with Crippen molar-refractivity contribution in [2.75, 3.05) is 46.9 Å². The summed E-state index contributed by atoms with van der Waals surface area (Å²) in [4.78, 5) is 17.2. The van der Waals surface area contributed by atoms with Gasteiger partial charge in [0.2, 0.25) is 5.91 Å².